The van der Waals surface area contributed by atoms with Crippen molar-refractivity contribution < 1.29 is 9.18 Å². The molecule has 1 unspecified atom stereocenters. The van der Waals surface area contributed by atoms with E-state index in [1.165, 1.54) is 12.5 Å². The standard InChI is InChI=1S/C23H24FN3O/c1-15-6-5-11-27(14-15)22-13-19(18-7-3-4-8-21(18)26-22)23(28)25-17-10-9-16(2)20(24)12-17/h3-4,7-10,12-13,15H,5-6,11,14H2,1-2H3,(H,25,28). The minimum absolute atomic E-state index is 0.256. The summed E-state index contributed by atoms with van der Waals surface area (Å²) in [6.45, 7) is 5.82. The number of halogens is 1. The lowest BCUT2D eigenvalue weighted by molar-refractivity contribution is 0.102. The maximum absolute atomic E-state index is 13.9. The van der Waals surface area contributed by atoms with Crippen molar-refractivity contribution in [2.75, 3.05) is 23.3 Å². The number of hydrogen-bond acceptors (Lipinski definition) is 3. The number of nitrogens with one attached hydrogen (secondary N) is 1. The van der Waals surface area contributed by atoms with Gasteiger partial charge in [0.05, 0.1) is 11.1 Å². The van der Waals surface area contributed by atoms with Gasteiger partial charge in [-0.3, -0.25) is 4.79 Å². The molecule has 2 aromatic carbocycles. The van der Waals surface area contributed by atoms with Crippen LogP contribution in [0.2, 0.25) is 0 Å². The van der Waals surface area contributed by atoms with Crippen LogP contribution in [0, 0.1) is 18.7 Å². The molecular formula is C23H24FN3O. The first-order valence-electron chi connectivity index (χ1n) is 9.73. The third-order valence-corrected chi connectivity index (χ3v) is 5.36. The molecule has 144 valence electrons. The summed E-state index contributed by atoms with van der Waals surface area (Å²) in [7, 11) is 0. The highest BCUT2D eigenvalue weighted by atomic mass is 19.1. The Labute approximate surface area is 164 Å². The van der Waals surface area contributed by atoms with E-state index in [4.69, 9.17) is 4.98 Å². The van der Waals surface area contributed by atoms with Crippen LogP contribution in [0.4, 0.5) is 15.9 Å². The van der Waals surface area contributed by atoms with E-state index in [2.05, 4.69) is 17.1 Å². The van der Waals surface area contributed by atoms with Crippen molar-refractivity contribution in [1.82, 2.24) is 4.98 Å². The monoisotopic (exact) mass is 377 g/mol. The summed E-state index contributed by atoms with van der Waals surface area (Å²) in [6, 6.07) is 14.2. The fourth-order valence-electron chi connectivity index (χ4n) is 3.78. The molecule has 1 amide bonds. The van der Waals surface area contributed by atoms with Crippen molar-refractivity contribution in [3.05, 3.63) is 65.5 Å². The van der Waals surface area contributed by atoms with Crippen molar-refractivity contribution >= 4 is 28.3 Å². The molecule has 1 atom stereocenters. The van der Waals surface area contributed by atoms with Gasteiger partial charge in [-0.05, 0) is 55.5 Å². The zero-order chi connectivity index (χ0) is 19.7. The summed E-state index contributed by atoms with van der Waals surface area (Å²) in [6.07, 6.45) is 2.34. The maximum atomic E-state index is 13.9. The minimum Gasteiger partial charge on any atom is -0.356 e. The fraction of sp³-hybridized carbons (Fsp3) is 0.304. The van der Waals surface area contributed by atoms with Gasteiger partial charge in [-0.2, -0.15) is 0 Å². The van der Waals surface area contributed by atoms with Gasteiger partial charge in [-0.15, -0.1) is 0 Å². The number of carbonyl (C=O) groups is 1. The van der Waals surface area contributed by atoms with Crippen molar-refractivity contribution in [2.24, 2.45) is 5.92 Å². The van der Waals surface area contributed by atoms with Crippen LogP contribution >= 0.6 is 0 Å². The molecule has 0 spiro atoms. The molecule has 1 aliphatic heterocycles. The number of aryl methyl sites for hydroxylation is 1. The molecule has 0 saturated carbocycles. The molecule has 0 radical (unpaired) electrons. The van der Waals surface area contributed by atoms with E-state index < -0.39 is 0 Å². The average molecular weight is 377 g/mol. The summed E-state index contributed by atoms with van der Waals surface area (Å²) in [4.78, 5) is 20.1. The third kappa shape index (κ3) is 3.70. The Morgan fingerprint density at radius 1 is 1.21 bits per heavy atom. The van der Waals surface area contributed by atoms with E-state index in [1.807, 2.05) is 30.3 Å². The van der Waals surface area contributed by atoms with Gasteiger partial charge in [-0.1, -0.05) is 31.2 Å². The van der Waals surface area contributed by atoms with Crippen LogP contribution in [0.3, 0.4) is 0 Å². The van der Waals surface area contributed by atoms with Crippen LogP contribution in [0.15, 0.2) is 48.5 Å². The van der Waals surface area contributed by atoms with Crippen molar-refractivity contribution in [3.63, 3.8) is 0 Å². The molecular weight excluding hydrogens is 353 g/mol. The normalized spacial score (nSPS) is 17.0. The van der Waals surface area contributed by atoms with E-state index in [9.17, 15) is 9.18 Å². The van der Waals surface area contributed by atoms with E-state index >= 15 is 0 Å². The van der Waals surface area contributed by atoms with Crippen molar-refractivity contribution in [3.8, 4) is 0 Å². The second-order valence-corrected chi connectivity index (χ2v) is 7.66. The molecule has 1 saturated heterocycles. The maximum Gasteiger partial charge on any atom is 0.256 e. The number of nitrogens with zero attached hydrogens (tertiary/aromatic N) is 2. The zero-order valence-corrected chi connectivity index (χ0v) is 16.2. The number of pyridine rings is 1. The first-order chi connectivity index (χ1) is 13.5. The highest BCUT2D eigenvalue weighted by Gasteiger charge is 2.21. The fourth-order valence-corrected chi connectivity index (χ4v) is 3.78. The SMILES string of the molecule is Cc1ccc(NC(=O)c2cc(N3CCCC(C)C3)nc3ccccc23)cc1F. The van der Waals surface area contributed by atoms with Crippen LogP contribution in [-0.4, -0.2) is 24.0 Å². The van der Waals surface area contributed by atoms with Gasteiger partial charge in [0.1, 0.15) is 11.6 Å². The smallest absolute Gasteiger partial charge is 0.256 e. The number of piperidine rings is 1. The highest BCUT2D eigenvalue weighted by Crippen LogP contribution is 2.27. The molecule has 0 aliphatic carbocycles. The van der Waals surface area contributed by atoms with E-state index in [0.717, 1.165) is 36.2 Å². The lowest BCUT2D eigenvalue weighted by atomic mass is 10.00. The van der Waals surface area contributed by atoms with Crippen LogP contribution < -0.4 is 10.2 Å². The number of benzene rings is 2. The number of aromatic nitrogens is 1. The van der Waals surface area contributed by atoms with Crippen LogP contribution in [0.5, 0.6) is 0 Å². The molecule has 5 heteroatoms. The average Bonchev–Trinajstić information content (AvgIpc) is 2.70. The number of rotatable bonds is 3. The number of amides is 1. The summed E-state index contributed by atoms with van der Waals surface area (Å²) in [5.41, 5.74) is 2.34. The molecule has 1 fully saturated rings. The Morgan fingerprint density at radius 3 is 2.82 bits per heavy atom. The third-order valence-electron chi connectivity index (χ3n) is 5.36. The van der Waals surface area contributed by atoms with Gasteiger partial charge in [0.25, 0.3) is 5.91 Å². The second-order valence-electron chi connectivity index (χ2n) is 7.66. The summed E-state index contributed by atoms with van der Waals surface area (Å²) < 4.78 is 13.9. The minimum atomic E-state index is -0.333. The second kappa shape index (κ2) is 7.58. The molecule has 2 heterocycles. The summed E-state index contributed by atoms with van der Waals surface area (Å²) in [5, 5.41) is 3.63. The number of para-hydroxylation sites is 1. The lowest BCUT2D eigenvalue weighted by Gasteiger charge is -2.32. The summed E-state index contributed by atoms with van der Waals surface area (Å²) >= 11 is 0. The Kier molecular flexibility index (Phi) is 4.99. The predicted molar refractivity (Wildman–Crippen MR) is 111 cm³/mol. The highest BCUT2D eigenvalue weighted by molar-refractivity contribution is 6.13. The van der Waals surface area contributed by atoms with E-state index in [1.54, 1.807) is 19.1 Å². The first kappa shape index (κ1) is 18.4. The van der Waals surface area contributed by atoms with Gasteiger partial charge in [0.15, 0.2) is 0 Å². The Bertz CT molecular complexity index is 1030. The molecule has 4 rings (SSSR count). The van der Waals surface area contributed by atoms with Gasteiger partial charge >= 0.3 is 0 Å². The quantitative estimate of drug-likeness (QED) is 0.685. The topological polar surface area (TPSA) is 45.2 Å². The zero-order valence-electron chi connectivity index (χ0n) is 16.2. The molecule has 1 aliphatic rings. The number of fused-ring (bicyclic) bond motifs is 1. The van der Waals surface area contributed by atoms with Gasteiger partial charge in [-0.25, -0.2) is 9.37 Å². The number of carbonyl (C=O) groups excluding carboxylic acids is 1. The van der Waals surface area contributed by atoms with Crippen LogP contribution in [0.1, 0.15) is 35.7 Å². The molecule has 28 heavy (non-hydrogen) atoms. The van der Waals surface area contributed by atoms with Crippen molar-refractivity contribution in [1.29, 1.82) is 0 Å². The van der Waals surface area contributed by atoms with Gasteiger partial charge < -0.3 is 10.2 Å². The lowest BCUT2D eigenvalue weighted by Crippen LogP contribution is -2.35. The molecule has 3 aromatic rings. The Hall–Kier alpha value is -2.95. The van der Waals surface area contributed by atoms with Crippen LogP contribution in [0.25, 0.3) is 10.9 Å². The number of hydrogen-bond donors (Lipinski definition) is 1. The van der Waals surface area contributed by atoms with Crippen molar-refractivity contribution in [2.45, 2.75) is 26.7 Å². The van der Waals surface area contributed by atoms with E-state index in [-0.39, 0.29) is 11.7 Å². The Balaban J connectivity index is 1.71. The predicted octanol–water partition coefficient (Wildman–Crippen LogP) is 5.17. The van der Waals surface area contributed by atoms with E-state index in [0.29, 0.717) is 22.7 Å². The molecule has 4 nitrogen and oxygen atoms in total. The first-order valence-corrected chi connectivity index (χ1v) is 9.73. The molecule has 1 N–H and O–H groups in total. The number of anilines is 2. The molecule has 1 aromatic heterocycles. The summed E-state index contributed by atoms with van der Waals surface area (Å²) in [5.74, 6) is 0.842. The molecule has 0 bridgehead atoms. The van der Waals surface area contributed by atoms with Crippen LogP contribution in [-0.2, 0) is 0 Å². The van der Waals surface area contributed by atoms with Gasteiger partial charge in [0, 0.05) is 24.2 Å². The largest absolute Gasteiger partial charge is 0.356 e. The van der Waals surface area contributed by atoms with Gasteiger partial charge in [0.2, 0.25) is 0 Å². The Morgan fingerprint density at radius 2 is 2.04 bits per heavy atom.